The first-order chi connectivity index (χ1) is 8.32. The second-order valence-corrected chi connectivity index (χ2v) is 5.80. The maximum absolute atomic E-state index is 11.7. The Balaban J connectivity index is 2.15. The van der Waals surface area contributed by atoms with E-state index in [4.69, 9.17) is 0 Å². The highest BCUT2D eigenvalue weighted by Gasteiger charge is 2.20. The van der Waals surface area contributed by atoms with Gasteiger partial charge in [0.25, 0.3) is 5.91 Å². The number of ketones is 1. The minimum atomic E-state index is -0.233. The summed E-state index contributed by atoms with van der Waals surface area (Å²) in [6.07, 6.45) is 6.72. The molecule has 0 atom stereocenters. The normalized spacial score (nSPS) is 15.6. The molecular weight excluding hydrogens is 226 g/mol. The van der Waals surface area contributed by atoms with Gasteiger partial charge < -0.3 is 4.90 Å². The van der Waals surface area contributed by atoms with E-state index < -0.39 is 0 Å². The van der Waals surface area contributed by atoms with Gasteiger partial charge in [-0.25, -0.2) is 0 Å². The maximum Gasteiger partial charge on any atom is 0.251 e. The van der Waals surface area contributed by atoms with Gasteiger partial charge in [0.05, 0.1) is 0 Å². The molecule has 3 nitrogen and oxygen atoms in total. The summed E-state index contributed by atoms with van der Waals surface area (Å²) in [6.45, 7) is 10.4. The van der Waals surface area contributed by atoms with Crippen LogP contribution in [0.5, 0.6) is 0 Å². The molecule has 0 spiro atoms. The lowest BCUT2D eigenvalue weighted by molar-refractivity contribution is -0.126. The van der Waals surface area contributed by atoms with Gasteiger partial charge in [-0.2, -0.15) is 0 Å². The molecule has 0 bridgehead atoms. The summed E-state index contributed by atoms with van der Waals surface area (Å²) >= 11 is 0. The number of carbonyl (C=O) groups is 2. The van der Waals surface area contributed by atoms with Crippen molar-refractivity contribution in [2.45, 2.75) is 46.5 Å². The zero-order valence-corrected chi connectivity index (χ0v) is 11.7. The summed E-state index contributed by atoms with van der Waals surface area (Å²) < 4.78 is 0. The fraction of sp³-hybridized carbons (Fsp3) is 0.600. The van der Waals surface area contributed by atoms with Crippen LogP contribution in [0.25, 0.3) is 0 Å². The molecular formula is C15H23NO2. The SMILES string of the molecule is C=C1C=CC(=O)N1CCCCCC(=O)C(C)(C)C. The van der Waals surface area contributed by atoms with Crippen LogP contribution in [0.2, 0.25) is 0 Å². The number of rotatable bonds is 6. The van der Waals surface area contributed by atoms with E-state index in [0.29, 0.717) is 18.7 Å². The van der Waals surface area contributed by atoms with Gasteiger partial charge in [0.2, 0.25) is 0 Å². The number of nitrogens with zero attached hydrogens (tertiary/aromatic N) is 1. The molecule has 0 fully saturated rings. The summed E-state index contributed by atoms with van der Waals surface area (Å²) in [7, 11) is 0. The zero-order valence-electron chi connectivity index (χ0n) is 11.7. The standard InChI is InChI=1S/C15H23NO2/c1-12-9-10-14(18)16(12)11-7-5-6-8-13(17)15(2,3)4/h9-10H,1,5-8,11H2,2-4H3. The molecule has 1 aliphatic heterocycles. The van der Waals surface area contributed by atoms with Gasteiger partial charge in [-0.3, -0.25) is 9.59 Å². The summed E-state index contributed by atoms with van der Waals surface area (Å²) in [5, 5.41) is 0. The van der Waals surface area contributed by atoms with Crippen LogP contribution in [0.4, 0.5) is 0 Å². The summed E-state index contributed by atoms with van der Waals surface area (Å²) in [5.74, 6) is 0.330. The van der Waals surface area contributed by atoms with Crippen LogP contribution in [-0.4, -0.2) is 23.1 Å². The van der Waals surface area contributed by atoms with E-state index in [1.54, 1.807) is 17.1 Å². The Morgan fingerprint density at radius 3 is 2.39 bits per heavy atom. The molecule has 0 aliphatic carbocycles. The summed E-state index contributed by atoms with van der Waals surface area (Å²) in [6, 6.07) is 0. The monoisotopic (exact) mass is 249 g/mol. The number of unbranched alkanes of at least 4 members (excludes halogenated alkanes) is 2. The minimum absolute atomic E-state index is 0.0192. The van der Waals surface area contributed by atoms with Gasteiger partial charge in [0.15, 0.2) is 0 Å². The number of Topliss-reactive ketones (excluding diaryl/α,β-unsaturated/α-hetero) is 1. The predicted octanol–water partition coefficient (Wildman–Crippen LogP) is 3.07. The fourth-order valence-electron chi connectivity index (χ4n) is 1.85. The first kappa shape index (κ1) is 14.7. The molecule has 1 amide bonds. The Kier molecular flexibility index (Phi) is 4.88. The third-order valence-corrected chi connectivity index (χ3v) is 3.15. The molecule has 0 N–H and O–H groups in total. The van der Waals surface area contributed by atoms with E-state index in [1.165, 1.54) is 0 Å². The average Bonchev–Trinajstić information content (AvgIpc) is 2.58. The van der Waals surface area contributed by atoms with Crippen LogP contribution in [0.3, 0.4) is 0 Å². The number of allylic oxidation sites excluding steroid dienone is 1. The molecule has 0 saturated carbocycles. The molecule has 1 rings (SSSR count). The lowest BCUT2D eigenvalue weighted by Crippen LogP contribution is -2.24. The third kappa shape index (κ3) is 4.13. The fourth-order valence-corrected chi connectivity index (χ4v) is 1.85. The lowest BCUT2D eigenvalue weighted by atomic mass is 9.88. The van der Waals surface area contributed by atoms with Gasteiger partial charge in [-0.1, -0.05) is 33.8 Å². The largest absolute Gasteiger partial charge is 0.309 e. The molecule has 3 heteroatoms. The van der Waals surface area contributed by atoms with Crippen LogP contribution in [-0.2, 0) is 9.59 Å². The molecule has 1 heterocycles. The first-order valence-corrected chi connectivity index (χ1v) is 6.54. The second-order valence-electron chi connectivity index (χ2n) is 5.80. The van der Waals surface area contributed by atoms with Crippen molar-refractivity contribution in [3.63, 3.8) is 0 Å². The van der Waals surface area contributed by atoms with Crippen LogP contribution in [0.1, 0.15) is 46.5 Å². The second kappa shape index (κ2) is 5.98. The number of amides is 1. The minimum Gasteiger partial charge on any atom is -0.309 e. The average molecular weight is 249 g/mol. The van der Waals surface area contributed by atoms with E-state index in [9.17, 15) is 9.59 Å². The van der Waals surface area contributed by atoms with Crippen LogP contribution in [0, 0.1) is 5.41 Å². The highest BCUT2D eigenvalue weighted by molar-refractivity contribution is 5.92. The van der Waals surface area contributed by atoms with Crippen molar-refractivity contribution < 1.29 is 9.59 Å². The molecule has 0 aromatic heterocycles. The van der Waals surface area contributed by atoms with E-state index in [1.807, 2.05) is 20.8 Å². The molecule has 0 saturated heterocycles. The van der Waals surface area contributed by atoms with Gasteiger partial charge in [-0.05, 0) is 18.9 Å². The molecule has 0 aromatic carbocycles. The predicted molar refractivity (Wildman–Crippen MR) is 72.9 cm³/mol. The van der Waals surface area contributed by atoms with E-state index in [-0.39, 0.29) is 11.3 Å². The lowest BCUT2D eigenvalue weighted by Gasteiger charge is -2.18. The van der Waals surface area contributed by atoms with Gasteiger partial charge in [-0.15, -0.1) is 0 Å². The molecule has 1 aliphatic rings. The van der Waals surface area contributed by atoms with Crippen molar-refractivity contribution in [2.24, 2.45) is 5.41 Å². The van der Waals surface area contributed by atoms with Crippen molar-refractivity contribution in [2.75, 3.05) is 6.54 Å². The van der Waals surface area contributed by atoms with Gasteiger partial charge in [0, 0.05) is 30.2 Å². The molecule has 0 unspecified atom stereocenters. The number of hydrogen-bond acceptors (Lipinski definition) is 2. The summed E-state index contributed by atoms with van der Waals surface area (Å²) in [4.78, 5) is 24.8. The highest BCUT2D eigenvalue weighted by Crippen LogP contribution is 2.19. The maximum atomic E-state index is 11.7. The van der Waals surface area contributed by atoms with Crippen molar-refractivity contribution in [3.8, 4) is 0 Å². The van der Waals surface area contributed by atoms with E-state index in [0.717, 1.165) is 25.0 Å². The topological polar surface area (TPSA) is 37.4 Å². The molecule has 100 valence electrons. The van der Waals surface area contributed by atoms with Crippen LogP contribution < -0.4 is 0 Å². The molecule has 18 heavy (non-hydrogen) atoms. The Hall–Kier alpha value is -1.38. The van der Waals surface area contributed by atoms with Gasteiger partial charge >= 0.3 is 0 Å². The number of carbonyl (C=O) groups excluding carboxylic acids is 2. The Labute approximate surface area is 110 Å². The third-order valence-electron chi connectivity index (χ3n) is 3.15. The van der Waals surface area contributed by atoms with E-state index >= 15 is 0 Å². The molecule has 0 radical (unpaired) electrons. The Morgan fingerprint density at radius 2 is 1.89 bits per heavy atom. The zero-order chi connectivity index (χ0) is 13.8. The van der Waals surface area contributed by atoms with Crippen LogP contribution >= 0.6 is 0 Å². The number of hydrogen-bond donors (Lipinski definition) is 0. The summed E-state index contributed by atoms with van der Waals surface area (Å²) in [5.41, 5.74) is 0.536. The molecule has 0 aromatic rings. The van der Waals surface area contributed by atoms with E-state index in [2.05, 4.69) is 6.58 Å². The quantitative estimate of drug-likeness (QED) is 0.678. The van der Waals surface area contributed by atoms with Crippen molar-refractivity contribution in [3.05, 3.63) is 24.4 Å². The Bertz CT molecular complexity index is 356. The smallest absolute Gasteiger partial charge is 0.251 e. The van der Waals surface area contributed by atoms with Crippen LogP contribution in [0.15, 0.2) is 24.4 Å². The van der Waals surface area contributed by atoms with Gasteiger partial charge in [0.1, 0.15) is 5.78 Å². The van der Waals surface area contributed by atoms with Crippen molar-refractivity contribution in [1.82, 2.24) is 4.90 Å². The first-order valence-electron chi connectivity index (χ1n) is 6.54. The van der Waals surface area contributed by atoms with Crippen molar-refractivity contribution in [1.29, 1.82) is 0 Å². The highest BCUT2D eigenvalue weighted by atomic mass is 16.2. The van der Waals surface area contributed by atoms with Crippen molar-refractivity contribution >= 4 is 11.7 Å². The Morgan fingerprint density at radius 1 is 1.22 bits per heavy atom.